The largest absolute Gasteiger partial charge is 0.318 e. The van der Waals surface area contributed by atoms with Crippen molar-refractivity contribution in [2.45, 2.75) is 0 Å². The van der Waals surface area contributed by atoms with Gasteiger partial charge in [-0.05, 0) is 11.6 Å². The van der Waals surface area contributed by atoms with Crippen LogP contribution in [0.2, 0.25) is 0 Å². The molecular weight excluding hydrogens is 454 g/mol. The predicted octanol–water partition coefficient (Wildman–Crippen LogP) is 2.78. The molecule has 4 heterocycles. The first-order valence-corrected chi connectivity index (χ1v) is 6.60. The molecule has 0 aliphatic heterocycles. The molecule has 0 spiro atoms. The molecule has 0 aliphatic carbocycles. The SMILES string of the molecule is [Ir].[c-]1cccc2c1c1ncccc1c1nc3nccnc3n21. The van der Waals surface area contributed by atoms with Crippen LogP contribution >= 0.6 is 0 Å². The molecule has 0 atom stereocenters. The van der Waals surface area contributed by atoms with E-state index < -0.39 is 0 Å². The number of pyridine rings is 2. The fraction of sp³-hybridized carbons (Fsp3) is 0. The molecule has 0 N–H and O–H groups in total. The topological polar surface area (TPSA) is 56.0 Å². The fourth-order valence-corrected chi connectivity index (χ4v) is 2.81. The van der Waals surface area contributed by atoms with Gasteiger partial charge in [0.2, 0.25) is 0 Å². The summed E-state index contributed by atoms with van der Waals surface area (Å²) in [5.74, 6) is 0. The summed E-state index contributed by atoms with van der Waals surface area (Å²) in [5.41, 5.74) is 4.10. The minimum absolute atomic E-state index is 0. The zero-order valence-electron chi connectivity index (χ0n) is 11.2. The van der Waals surface area contributed by atoms with E-state index in [1.165, 1.54) is 0 Å². The van der Waals surface area contributed by atoms with Crippen molar-refractivity contribution in [3.63, 3.8) is 0 Å². The summed E-state index contributed by atoms with van der Waals surface area (Å²) >= 11 is 0. The van der Waals surface area contributed by atoms with Crippen LogP contribution < -0.4 is 0 Å². The first kappa shape index (κ1) is 13.2. The van der Waals surface area contributed by atoms with Gasteiger partial charge in [-0.15, -0.1) is 29.7 Å². The summed E-state index contributed by atoms with van der Waals surface area (Å²) in [6.45, 7) is 0. The van der Waals surface area contributed by atoms with Gasteiger partial charge < -0.3 is 9.38 Å². The maximum absolute atomic E-state index is 4.63. The second kappa shape index (κ2) is 4.80. The molecule has 0 unspecified atom stereocenters. The molecular formula is C16H8IrN5-. The number of hydrogen-bond donors (Lipinski definition) is 0. The Labute approximate surface area is 138 Å². The fourth-order valence-electron chi connectivity index (χ4n) is 2.81. The monoisotopic (exact) mass is 463 g/mol. The van der Waals surface area contributed by atoms with Crippen LogP contribution in [0.25, 0.3) is 38.7 Å². The van der Waals surface area contributed by atoms with Crippen LogP contribution in [0.5, 0.6) is 0 Å². The van der Waals surface area contributed by atoms with E-state index in [1.54, 1.807) is 18.6 Å². The molecule has 107 valence electrons. The van der Waals surface area contributed by atoms with Crippen LogP contribution in [0, 0.1) is 6.07 Å². The molecule has 0 amide bonds. The molecule has 0 saturated carbocycles. The average molecular weight is 462 g/mol. The maximum Gasteiger partial charge on any atom is 0.197 e. The second-order valence-corrected chi connectivity index (χ2v) is 4.80. The van der Waals surface area contributed by atoms with Crippen molar-refractivity contribution >= 4 is 38.7 Å². The van der Waals surface area contributed by atoms with Crippen molar-refractivity contribution in [2.24, 2.45) is 0 Å². The molecule has 5 aromatic rings. The number of benzene rings is 1. The van der Waals surface area contributed by atoms with Crippen LogP contribution in [-0.4, -0.2) is 24.3 Å². The standard InChI is InChI=1S/C16H8N5.Ir/c1-2-6-12-10(4-1)13-11(5-3-7-17-13)15-20-14-16(21(12)15)19-9-8-18-14;/h1-3,5-9H;/q-1;. The molecule has 1 radical (unpaired) electrons. The Balaban J connectivity index is 0.00000125. The van der Waals surface area contributed by atoms with Gasteiger partial charge in [0.05, 0.1) is 0 Å². The molecule has 1 aromatic carbocycles. The Morgan fingerprint density at radius 3 is 2.77 bits per heavy atom. The first-order valence-electron chi connectivity index (χ1n) is 6.60. The van der Waals surface area contributed by atoms with Gasteiger partial charge in [-0.1, -0.05) is 6.07 Å². The van der Waals surface area contributed by atoms with E-state index in [0.717, 1.165) is 33.1 Å². The van der Waals surface area contributed by atoms with E-state index in [0.29, 0.717) is 5.65 Å². The molecule has 0 bridgehead atoms. The van der Waals surface area contributed by atoms with Gasteiger partial charge in [0.1, 0.15) is 5.65 Å². The van der Waals surface area contributed by atoms with Crippen molar-refractivity contribution in [1.82, 2.24) is 24.3 Å². The number of rotatable bonds is 0. The Kier molecular flexibility index (Phi) is 2.89. The van der Waals surface area contributed by atoms with Crippen molar-refractivity contribution in [3.8, 4) is 0 Å². The summed E-state index contributed by atoms with van der Waals surface area (Å²) in [5, 5.41) is 1.94. The number of aromatic nitrogens is 5. The van der Waals surface area contributed by atoms with Gasteiger partial charge in [0, 0.05) is 49.6 Å². The minimum atomic E-state index is 0. The van der Waals surface area contributed by atoms with E-state index in [9.17, 15) is 0 Å². The average Bonchev–Trinajstić information content (AvgIpc) is 2.95. The van der Waals surface area contributed by atoms with E-state index in [2.05, 4.69) is 26.0 Å². The third-order valence-electron chi connectivity index (χ3n) is 3.66. The van der Waals surface area contributed by atoms with E-state index in [1.807, 2.05) is 34.7 Å². The van der Waals surface area contributed by atoms with Gasteiger partial charge in [0.25, 0.3) is 0 Å². The summed E-state index contributed by atoms with van der Waals surface area (Å²) in [6, 6.07) is 13.1. The number of fused-ring (bicyclic) bond motifs is 8. The first-order chi connectivity index (χ1) is 10.4. The van der Waals surface area contributed by atoms with Crippen LogP contribution in [0.1, 0.15) is 0 Å². The summed E-state index contributed by atoms with van der Waals surface area (Å²) in [7, 11) is 0. The Morgan fingerprint density at radius 2 is 1.82 bits per heavy atom. The third kappa shape index (κ3) is 1.62. The van der Waals surface area contributed by atoms with Crippen molar-refractivity contribution < 1.29 is 20.1 Å². The normalized spacial score (nSPS) is 11.3. The molecule has 0 aliphatic rings. The summed E-state index contributed by atoms with van der Waals surface area (Å²) in [4.78, 5) is 17.9. The van der Waals surface area contributed by atoms with Crippen molar-refractivity contribution in [2.75, 3.05) is 0 Å². The van der Waals surface area contributed by atoms with Gasteiger partial charge in [-0.3, -0.25) is 0 Å². The predicted molar refractivity (Wildman–Crippen MR) is 79.9 cm³/mol. The third-order valence-corrected chi connectivity index (χ3v) is 3.66. The van der Waals surface area contributed by atoms with Crippen LogP contribution in [-0.2, 0) is 20.1 Å². The van der Waals surface area contributed by atoms with E-state index >= 15 is 0 Å². The smallest absolute Gasteiger partial charge is 0.197 e. The van der Waals surface area contributed by atoms with Crippen LogP contribution in [0.3, 0.4) is 0 Å². The number of imidazole rings is 1. The zero-order valence-corrected chi connectivity index (χ0v) is 13.6. The summed E-state index contributed by atoms with van der Waals surface area (Å²) < 4.78 is 2.03. The minimum Gasteiger partial charge on any atom is -0.318 e. The van der Waals surface area contributed by atoms with Crippen LogP contribution in [0.15, 0.2) is 48.9 Å². The van der Waals surface area contributed by atoms with Gasteiger partial charge in [-0.25, -0.2) is 15.0 Å². The molecule has 5 nitrogen and oxygen atoms in total. The van der Waals surface area contributed by atoms with Crippen LogP contribution in [0.4, 0.5) is 0 Å². The van der Waals surface area contributed by atoms with Crippen molar-refractivity contribution in [3.05, 3.63) is 55.0 Å². The second-order valence-electron chi connectivity index (χ2n) is 4.80. The summed E-state index contributed by atoms with van der Waals surface area (Å²) in [6.07, 6.45) is 5.13. The number of nitrogens with zero attached hydrogens (tertiary/aromatic N) is 5. The Bertz CT molecular complexity index is 1150. The maximum atomic E-state index is 4.63. The van der Waals surface area contributed by atoms with Crippen molar-refractivity contribution in [1.29, 1.82) is 0 Å². The molecule has 22 heavy (non-hydrogen) atoms. The quantitative estimate of drug-likeness (QED) is 0.262. The van der Waals surface area contributed by atoms with E-state index in [4.69, 9.17) is 0 Å². The Morgan fingerprint density at radius 1 is 0.909 bits per heavy atom. The van der Waals surface area contributed by atoms with Gasteiger partial charge >= 0.3 is 0 Å². The zero-order chi connectivity index (χ0) is 13.8. The molecule has 0 saturated heterocycles. The molecule has 0 fully saturated rings. The Hall–Kier alpha value is -2.43. The molecule has 6 heteroatoms. The molecule has 4 aromatic heterocycles. The number of hydrogen-bond acceptors (Lipinski definition) is 4. The molecule has 5 rings (SSSR count). The van der Waals surface area contributed by atoms with E-state index in [-0.39, 0.29) is 20.1 Å². The van der Waals surface area contributed by atoms with Gasteiger partial charge in [0.15, 0.2) is 11.3 Å². The van der Waals surface area contributed by atoms with Gasteiger partial charge in [-0.2, -0.15) is 0 Å².